The molecule has 0 amide bonds. The molecule has 0 radical (unpaired) electrons. The number of nitrogens with one attached hydrogen (secondary N) is 1. The summed E-state index contributed by atoms with van der Waals surface area (Å²) in [4.78, 5) is 18.4. The minimum atomic E-state index is -0.0395. The number of hydrogen-bond acceptors (Lipinski definition) is 5. The lowest BCUT2D eigenvalue weighted by Crippen LogP contribution is -2.40. The Morgan fingerprint density at radius 1 is 0.838 bits per heavy atom. The third kappa shape index (κ3) is 3.87. The molecule has 2 aromatic heterocycles. The molecule has 5 aromatic rings. The third-order valence-electron chi connectivity index (χ3n) is 8.40. The van der Waals surface area contributed by atoms with E-state index < -0.39 is 0 Å². The summed E-state index contributed by atoms with van der Waals surface area (Å²) in [6.45, 7) is 1.73. The van der Waals surface area contributed by atoms with Gasteiger partial charge in [0.05, 0.1) is 23.1 Å². The summed E-state index contributed by atoms with van der Waals surface area (Å²) in [6.07, 6.45) is 6.51. The van der Waals surface area contributed by atoms with E-state index in [1.54, 1.807) is 0 Å². The molecule has 1 N–H and O–H groups in total. The van der Waals surface area contributed by atoms with Crippen molar-refractivity contribution in [1.82, 2.24) is 34.7 Å². The molecule has 1 saturated heterocycles. The van der Waals surface area contributed by atoms with Crippen LogP contribution >= 0.6 is 0 Å². The second kappa shape index (κ2) is 9.27. The Kier molecular flexibility index (Phi) is 5.61. The number of benzene rings is 3. The van der Waals surface area contributed by atoms with Gasteiger partial charge < -0.3 is 4.98 Å². The maximum atomic E-state index is 12.9. The Bertz CT molecular complexity index is 1600. The first-order valence-corrected chi connectivity index (χ1v) is 13.5. The van der Waals surface area contributed by atoms with E-state index in [0.717, 1.165) is 55.6 Å². The van der Waals surface area contributed by atoms with Gasteiger partial charge in [0, 0.05) is 19.1 Å². The molecule has 8 heteroatoms. The topological polar surface area (TPSA) is 84.6 Å². The number of tetrazole rings is 1. The molecule has 1 unspecified atom stereocenters. The van der Waals surface area contributed by atoms with Gasteiger partial charge in [0.25, 0.3) is 0 Å². The number of rotatable bonds is 5. The van der Waals surface area contributed by atoms with Gasteiger partial charge in [-0.3, -0.25) is 9.47 Å². The lowest BCUT2D eigenvalue weighted by molar-refractivity contribution is 0.145. The van der Waals surface area contributed by atoms with Gasteiger partial charge in [-0.1, -0.05) is 67.4 Å². The highest BCUT2D eigenvalue weighted by Gasteiger charge is 2.35. The van der Waals surface area contributed by atoms with E-state index in [4.69, 9.17) is 0 Å². The predicted octanol–water partition coefficient (Wildman–Crippen LogP) is 5.01. The smallest absolute Gasteiger partial charge is 0.306 e. The van der Waals surface area contributed by atoms with Crippen LogP contribution in [0.3, 0.4) is 0 Å². The molecule has 1 aliphatic heterocycles. The third-order valence-corrected chi connectivity index (χ3v) is 8.40. The minimum absolute atomic E-state index is 0.0181. The Morgan fingerprint density at radius 3 is 2.46 bits per heavy atom. The zero-order valence-corrected chi connectivity index (χ0v) is 20.8. The number of aromatic nitrogens is 6. The fraction of sp³-hybridized carbons (Fsp3) is 0.379. The first-order valence-electron chi connectivity index (χ1n) is 13.5. The van der Waals surface area contributed by atoms with Crippen LogP contribution in [0.15, 0.2) is 71.5 Å². The molecule has 7 rings (SSSR count). The monoisotopic (exact) mass is 493 g/mol. The average Bonchev–Trinajstić information content (AvgIpc) is 3.69. The number of imidazole rings is 1. The number of piperidine rings is 1. The van der Waals surface area contributed by atoms with Gasteiger partial charge in [0.1, 0.15) is 0 Å². The van der Waals surface area contributed by atoms with Crippen molar-refractivity contribution in [2.45, 2.75) is 56.7 Å². The van der Waals surface area contributed by atoms with Crippen LogP contribution in [0.5, 0.6) is 0 Å². The molecule has 8 nitrogen and oxygen atoms in total. The van der Waals surface area contributed by atoms with Crippen LogP contribution in [0.25, 0.3) is 21.8 Å². The Labute approximate surface area is 214 Å². The lowest BCUT2D eigenvalue weighted by Gasteiger charge is -2.38. The van der Waals surface area contributed by atoms with Crippen molar-refractivity contribution < 1.29 is 0 Å². The van der Waals surface area contributed by atoms with Gasteiger partial charge in [0.15, 0.2) is 5.82 Å². The number of aromatic amines is 1. The second-order valence-electron chi connectivity index (χ2n) is 10.5. The van der Waals surface area contributed by atoms with Crippen molar-refractivity contribution >= 4 is 21.8 Å². The van der Waals surface area contributed by atoms with E-state index in [0.29, 0.717) is 6.04 Å². The number of fused-ring (bicyclic) bond motifs is 2. The second-order valence-corrected chi connectivity index (χ2v) is 10.5. The maximum Gasteiger partial charge on any atom is 0.326 e. The van der Waals surface area contributed by atoms with Gasteiger partial charge in [0.2, 0.25) is 0 Å². The standard InChI is InChI=1S/C29H31N7O/c37-29-30-25-14-5-6-15-26(25)35(29)21-16-18-34(19-17-21)27(24-13-7-9-20-8-1-4-12-23(20)24)28-31-32-33-36(28)22-10-2-3-11-22/h1,4-9,12-15,21-22,27H,2-3,10-11,16-19H2,(H,30,37). The molecule has 2 fully saturated rings. The summed E-state index contributed by atoms with van der Waals surface area (Å²) in [5.74, 6) is 0.936. The van der Waals surface area contributed by atoms with Crippen LogP contribution < -0.4 is 5.69 Å². The molecule has 37 heavy (non-hydrogen) atoms. The minimum Gasteiger partial charge on any atom is -0.306 e. The molecule has 1 aliphatic carbocycles. The highest BCUT2D eigenvalue weighted by molar-refractivity contribution is 5.86. The van der Waals surface area contributed by atoms with Crippen molar-refractivity contribution in [3.8, 4) is 0 Å². The van der Waals surface area contributed by atoms with E-state index in [1.165, 1.54) is 29.2 Å². The Hall–Kier alpha value is -3.78. The van der Waals surface area contributed by atoms with E-state index in [9.17, 15) is 4.79 Å². The molecule has 0 bridgehead atoms. The quantitative estimate of drug-likeness (QED) is 0.372. The van der Waals surface area contributed by atoms with Crippen LogP contribution in [-0.2, 0) is 0 Å². The largest absolute Gasteiger partial charge is 0.326 e. The highest BCUT2D eigenvalue weighted by atomic mass is 16.1. The molecule has 1 atom stereocenters. The van der Waals surface area contributed by atoms with Crippen molar-refractivity contribution in [2.75, 3.05) is 13.1 Å². The van der Waals surface area contributed by atoms with Crippen LogP contribution in [0.4, 0.5) is 0 Å². The molecule has 3 heterocycles. The number of likely N-dealkylation sites (tertiary alicyclic amines) is 1. The normalized spacial score (nSPS) is 18.7. The fourth-order valence-electron chi connectivity index (χ4n) is 6.62. The number of nitrogens with zero attached hydrogens (tertiary/aromatic N) is 6. The number of H-pyrrole nitrogens is 1. The first kappa shape index (κ1) is 22.4. The van der Waals surface area contributed by atoms with Crippen molar-refractivity contribution in [3.63, 3.8) is 0 Å². The molecular formula is C29H31N7O. The number of hydrogen-bond donors (Lipinski definition) is 1. The maximum absolute atomic E-state index is 12.9. The van der Waals surface area contributed by atoms with Crippen LogP contribution in [0.2, 0.25) is 0 Å². The van der Waals surface area contributed by atoms with Crippen LogP contribution in [0.1, 0.15) is 68.0 Å². The Morgan fingerprint density at radius 2 is 1.59 bits per heavy atom. The SMILES string of the molecule is O=c1[nH]c2ccccc2n1C1CCN(C(c2cccc3ccccc23)c2nnnn2C2CCCC2)CC1. The lowest BCUT2D eigenvalue weighted by atomic mass is 9.94. The van der Waals surface area contributed by atoms with Crippen molar-refractivity contribution in [3.05, 3.63) is 88.6 Å². The molecule has 0 spiro atoms. The van der Waals surface area contributed by atoms with E-state index >= 15 is 0 Å². The zero-order valence-electron chi connectivity index (χ0n) is 20.8. The van der Waals surface area contributed by atoms with Crippen LogP contribution in [-0.4, -0.2) is 47.7 Å². The van der Waals surface area contributed by atoms with E-state index in [-0.39, 0.29) is 17.8 Å². The molecular weight excluding hydrogens is 462 g/mol. The van der Waals surface area contributed by atoms with Gasteiger partial charge in [-0.25, -0.2) is 9.48 Å². The fourth-order valence-corrected chi connectivity index (χ4v) is 6.62. The van der Waals surface area contributed by atoms with Crippen LogP contribution in [0, 0.1) is 0 Å². The average molecular weight is 494 g/mol. The van der Waals surface area contributed by atoms with Gasteiger partial charge >= 0.3 is 5.69 Å². The van der Waals surface area contributed by atoms with Crippen molar-refractivity contribution in [2.24, 2.45) is 0 Å². The summed E-state index contributed by atoms with van der Waals surface area (Å²) in [5.41, 5.74) is 3.12. The van der Waals surface area contributed by atoms with E-state index in [2.05, 4.69) is 72.6 Å². The van der Waals surface area contributed by atoms with Crippen molar-refractivity contribution in [1.29, 1.82) is 0 Å². The zero-order chi connectivity index (χ0) is 24.8. The first-order chi connectivity index (χ1) is 18.3. The summed E-state index contributed by atoms with van der Waals surface area (Å²) in [7, 11) is 0. The summed E-state index contributed by atoms with van der Waals surface area (Å²) in [5, 5.41) is 15.8. The summed E-state index contributed by atoms with van der Waals surface area (Å²) < 4.78 is 4.07. The summed E-state index contributed by atoms with van der Waals surface area (Å²) in [6, 6.07) is 23.6. The molecule has 3 aromatic carbocycles. The van der Waals surface area contributed by atoms with E-state index in [1.807, 2.05) is 28.8 Å². The van der Waals surface area contributed by atoms with Gasteiger partial charge in [-0.05, 0) is 64.6 Å². The number of para-hydroxylation sites is 2. The predicted molar refractivity (Wildman–Crippen MR) is 144 cm³/mol. The van der Waals surface area contributed by atoms with Gasteiger partial charge in [-0.15, -0.1) is 5.10 Å². The molecule has 188 valence electrons. The highest BCUT2D eigenvalue weighted by Crippen LogP contribution is 2.38. The molecule has 1 saturated carbocycles. The van der Waals surface area contributed by atoms with Gasteiger partial charge in [-0.2, -0.15) is 0 Å². The summed E-state index contributed by atoms with van der Waals surface area (Å²) >= 11 is 0. The Balaban J connectivity index is 1.27. The molecule has 2 aliphatic rings.